The molecule has 0 fully saturated rings. The Morgan fingerprint density at radius 3 is 2.79 bits per heavy atom. The number of thiol groups is 1. The minimum Gasteiger partial charge on any atom is -0.249 e. The van der Waals surface area contributed by atoms with Crippen molar-refractivity contribution in [2.45, 2.75) is 19.9 Å². The van der Waals surface area contributed by atoms with E-state index in [1.807, 2.05) is 4.31 Å². The third-order valence-electron chi connectivity index (χ3n) is 1.73. The lowest BCUT2D eigenvalue weighted by molar-refractivity contribution is 0.470. The van der Waals surface area contributed by atoms with E-state index in [0.717, 1.165) is 18.5 Å². The van der Waals surface area contributed by atoms with Gasteiger partial charge in [0.1, 0.15) is 5.15 Å². The Morgan fingerprint density at radius 1 is 1.50 bits per heavy atom. The van der Waals surface area contributed by atoms with E-state index >= 15 is 0 Å². The summed E-state index contributed by atoms with van der Waals surface area (Å²) in [6.07, 6.45) is 2.74. The van der Waals surface area contributed by atoms with E-state index in [2.05, 4.69) is 24.7 Å². The van der Waals surface area contributed by atoms with Crippen LogP contribution in [0.15, 0.2) is 12.3 Å². The Kier molecular flexibility index (Phi) is 5.02. The van der Waals surface area contributed by atoms with Crippen LogP contribution in [0.3, 0.4) is 0 Å². The summed E-state index contributed by atoms with van der Waals surface area (Å²) in [6, 6.07) is 1.64. The van der Waals surface area contributed by atoms with Crippen molar-refractivity contribution in [2.24, 2.45) is 0 Å². The highest BCUT2D eigenvalue weighted by molar-refractivity contribution is 7.77. The van der Waals surface area contributed by atoms with E-state index in [-0.39, 0.29) is 0 Å². The zero-order chi connectivity index (χ0) is 10.6. The summed E-state index contributed by atoms with van der Waals surface area (Å²) in [6.45, 7) is 3.70. The van der Waals surface area contributed by atoms with Crippen LogP contribution in [-0.2, 0) is 6.54 Å². The average molecular weight is 251 g/mol. The summed E-state index contributed by atoms with van der Waals surface area (Å²) in [4.78, 5) is 3.97. The van der Waals surface area contributed by atoms with Crippen molar-refractivity contribution < 1.29 is 0 Å². The second-order valence-electron chi connectivity index (χ2n) is 2.99. The fraction of sp³-hybridized carbons (Fsp3) is 0.444. The number of halogens is 2. The first-order chi connectivity index (χ1) is 6.63. The molecule has 0 bridgehead atoms. The molecule has 0 saturated heterocycles. The van der Waals surface area contributed by atoms with Crippen molar-refractivity contribution >= 4 is 36.0 Å². The minimum atomic E-state index is 0.417. The molecule has 0 spiro atoms. The lowest BCUT2D eigenvalue weighted by Crippen LogP contribution is -2.13. The van der Waals surface area contributed by atoms with Crippen LogP contribution in [-0.4, -0.2) is 15.8 Å². The predicted molar refractivity (Wildman–Crippen MR) is 63.9 cm³/mol. The van der Waals surface area contributed by atoms with E-state index < -0.39 is 0 Å². The molecule has 0 amide bonds. The molecular weight excluding hydrogens is 239 g/mol. The van der Waals surface area contributed by atoms with Gasteiger partial charge < -0.3 is 0 Å². The Morgan fingerprint density at radius 2 is 2.21 bits per heavy atom. The summed E-state index contributed by atoms with van der Waals surface area (Å²) in [5.41, 5.74) is 0.944. The van der Waals surface area contributed by atoms with Gasteiger partial charge in [-0.05, 0) is 12.5 Å². The maximum Gasteiger partial charge on any atom is 0.130 e. The fourth-order valence-corrected chi connectivity index (χ4v) is 1.86. The second kappa shape index (κ2) is 5.81. The maximum absolute atomic E-state index is 5.99. The van der Waals surface area contributed by atoms with Crippen molar-refractivity contribution in [2.75, 3.05) is 6.54 Å². The van der Waals surface area contributed by atoms with Crippen molar-refractivity contribution in [3.63, 3.8) is 0 Å². The van der Waals surface area contributed by atoms with Gasteiger partial charge in [0, 0.05) is 29.9 Å². The van der Waals surface area contributed by atoms with Crippen LogP contribution in [0.1, 0.15) is 18.9 Å². The molecule has 5 heteroatoms. The molecule has 0 N–H and O–H groups in total. The highest BCUT2D eigenvalue weighted by atomic mass is 35.5. The molecule has 0 aliphatic heterocycles. The van der Waals surface area contributed by atoms with Crippen LogP contribution in [0.5, 0.6) is 0 Å². The fourth-order valence-electron chi connectivity index (χ4n) is 1.09. The van der Waals surface area contributed by atoms with Crippen LogP contribution in [0.2, 0.25) is 10.2 Å². The third kappa shape index (κ3) is 3.65. The smallest absolute Gasteiger partial charge is 0.130 e. The highest BCUT2D eigenvalue weighted by Gasteiger charge is 2.05. The molecule has 0 saturated carbocycles. The third-order valence-corrected chi connectivity index (χ3v) is 2.63. The molecule has 0 atom stereocenters. The first-order valence-corrected chi connectivity index (χ1v) is 5.52. The molecule has 78 valence electrons. The minimum absolute atomic E-state index is 0.417. The van der Waals surface area contributed by atoms with Crippen molar-refractivity contribution in [1.29, 1.82) is 0 Å². The van der Waals surface area contributed by atoms with Gasteiger partial charge in [-0.1, -0.05) is 42.9 Å². The van der Waals surface area contributed by atoms with Crippen LogP contribution < -0.4 is 0 Å². The van der Waals surface area contributed by atoms with Gasteiger partial charge in [0.2, 0.25) is 0 Å². The molecule has 1 heterocycles. The molecule has 0 unspecified atom stereocenters. The first-order valence-electron chi connectivity index (χ1n) is 4.37. The lowest BCUT2D eigenvalue weighted by Gasteiger charge is -2.14. The van der Waals surface area contributed by atoms with Gasteiger partial charge >= 0.3 is 0 Å². The van der Waals surface area contributed by atoms with Crippen LogP contribution in [0.4, 0.5) is 0 Å². The molecule has 0 aromatic carbocycles. The zero-order valence-corrected chi connectivity index (χ0v) is 10.3. The van der Waals surface area contributed by atoms with E-state index in [1.54, 1.807) is 12.3 Å². The first kappa shape index (κ1) is 12.1. The van der Waals surface area contributed by atoms with Crippen molar-refractivity contribution in [3.05, 3.63) is 28.0 Å². The van der Waals surface area contributed by atoms with E-state index in [0.29, 0.717) is 16.7 Å². The monoisotopic (exact) mass is 250 g/mol. The number of nitrogens with zero attached hydrogens (tertiary/aromatic N) is 2. The number of aromatic nitrogens is 1. The number of hydrogen-bond acceptors (Lipinski definition) is 3. The van der Waals surface area contributed by atoms with Crippen LogP contribution in [0.25, 0.3) is 0 Å². The normalized spacial score (nSPS) is 10.9. The largest absolute Gasteiger partial charge is 0.249 e. The Labute approximate surface area is 99.8 Å². The van der Waals surface area contributed by atoms with E-state index in [9.17, 15) is 0 Å². The highest BCUT2D eigenvalue weighted by Crippen LogP contribution is 2.20. The number of hydrogen-bond donors (Lipinski definition) is 1. The SMILES string of the molecule is CCCN(S)Cc1cnc(Cl)cc1Cl. The summed E-state index contributed by atoms with van der Waals surface area (Å²) in [7, 11) is 0. The Hall–Kier alpha value is 0.0400. The van der Waals surface area contributed by atoms with Gasteiger partial charge in [0.05, 0.1) is 0 Å². The Bertz CT molecular complexity index is 307. The Balaban J connectivity index is 2.67. The van der Waals surface area contributed by atoms with Gasteiger partial charge in [-0.3, -0.25) is 0 Å². The predicted octanol–water partition coefficient (Wildman–Crippen LogP) is 3.45. The van der Waals surface area contributed by atoms with Crippen molar-refractivity contribution in [3.8, 4) is 0 Å². The molecule has 1 rings (SSSR count). The topological polar surface area (TPSA) is 16.1 Å². The summed E-state index contributed by atoms with van der Waals surface area (Å²) < 4.78 is 1.90. The van der Waals surface area contributed by atoms with Crippen LogP contribution >= 0.6 is 36.0 Å². The van der Waals surface area contributed by atoms with Gasteiger partial charge in [-0.25, -0.2) is 9.29 Å². The molecule has 2 nitrogen and oxygen atoms in total. The molecule has 1 aromatic heterocycles. The summed E-state index contributed by atoms with van der Waals surface area (Å²) in [5, 5.41) is 1.06. The maximum atomic E-state index is 5.99. The summed E-state index contributed by atoms with van der Waals surface area (Å²) in [5.74, 6) is 0. The second-order valence-corrected chi connectivity index (χ2v) is 4.35. The van der Waals surface area contributed by atoms with Crippen molar-refractivity contribution in [1.82, 2.24) is 9.29 Å². The number of pyridine rings is 1. The molecule has 14 heavy (non-hydrogen) atoms. The van der Waals surface area contributed by atoms with Gasteiger partial charge in [0.15, 0.2) is 0 Å². The molecule has 0 aliphatic carbocycles. The molecular formula is C9H12Cl2N2S. The standard InChI is InChI=1S/C9H12Cl2N2S/c1-2-3-13(14)6-7-5-12-9(11)4-8(7)10/h4-5,14H,2-3,6H2,1H3. The average Bonchev–Trinajstić information content (AvgIpc) is 2.10. The lowest BCUT2D eigenvalue weighted by atomic mass is 10.3. The van der Waals surface area contributed by atoms with E-state index in [4.69, 9.17) is 23.2 Å². The molecule has 1 aromatic rings. The van der Waals surface area contributed by atoms with Gasteiger partial charge in [-0.15, -0.1) is 0 Å². The van der Waals surface area contributed by atoms with Crippen LogP contribution in [0, 0.1) is 0 Å². The molecule has 0 aliphatic rings. The number of rotatable bonds is 4. The summed E-state index contributed by atoms with van der Waals surface area (Å²) >= 11 is 16.0. The quantitative estimate of drug-likeness (QED) is 0.651. The zero-order valence-electron chi connectivity index (χ0n) is 7.87. The van der Waals surface area contributed by atoms with E-state index in [1.165, 1.54) is 0 Å². The molecule has 0 radical (unpaired) electrons. The van der Waals surface area contributed by atoms with Gasteiger partial charge in [0.25, 0.3) is 0 Å². The van der Waals surface area contributed by atoms with Gasteiger partial charge in [-0.2, -0.15) is 0 Å².